The third-order valence-electron chi connectivity index (χ3n) is 3.10. The molecule has 0 radical (unpaired) electrons. The molecule has 1 unspecified atom stereocenters. The van der Waals surface area contributed by atoms with E-state index in [1.807, 2.05) is 36.4 Å². The molecule has 3 rings (SSSR count). The third kappa shape index (κ3) is 3.37. The number of pyridine rings is 1. The van der Waals surface area contributed by atoms with Crippen LogP contribution in [-0.2, 0) is 17.3 Å². The van der Waals surface area contributed by atoms with Gasteiger partial charge in [-0.05, 0) is 30.3 Å². The first-order chi connectivity index (χ1) is 10.7. The standard InChI is InChI=1S/C15H15N5OS/c1-22(21)13-4-2-3-12(9-13)17-10-14-18-15(20-19-14)11-5-7-16-8-6-11/h2-9,17H,10H2,1H3,(H,18,19,20). The molecule has 2 aromatic heterocycles. The van der Waals surface area contributed by atoms with E-state index in [9.17, 15) is 4.21 Å². The Bertz CT molecular complexity index is 787. The highest BCUT2D eigenvalue weighted by molar-refractivity contribution is 7.84. The van der Waals surface area contributed by atoms with Crippen molar-refractivity contribution in [1.29, 1.82) is 0 Å². The van der Waals surface area contributed by atoms with Crippen molar-refractivity contribution in [3.05, 3.63) is 54.6 Å². The summed E-state index contributed by atoms with van der Waals surface area (Å²) in [5.41, 5.74) is 1.82. The Kier molecular flexibility index (Phi) is 4.24. The first kappa shape index (κ1) is 14.4. The average molecular weight is 313 g/mol. The van der Waals surface area contributed by atoms with Crippen molar-refractivity contribution in [2.75, 3.05) is 11.6 Å². The molecule has 0 saturated carbocycles. The van der Waals surface area contributed by atoms with Crippen molar-refractivity contribution < 1.29 is 4.21 Å². The molecule has 0 aliphatic rings. The van der Waals surface area contributed by atoms with Gasteiger partial charge in [0.25, 0.3) is 0 Å². The lowest BCUT2D eigenvalue weighted by Gasteiger charge is -2.05. The van der Waals surface area contributed by atoms with Crippen LogP contribution in [-0.4, -0.2) is 30.6 Å². The quantitative estimate of drug-likeness (QED) is 0.754. The molecule has 7 heteroatoms. The van der Waals surface area contributed by atoms with Gasteiger partial charge in [-0.2, -0.15) is 5.10 Å². The predicted octanol–water partition coefficient (Wildman–Crippen LogP) is 2.22. The molecule has 1 atom stereocenters. The second kappa shape index (κ2) is 6.48. The number of aromatic amines is 1. The Morgan fingerprint density at radius 2 is 2.05 bits per heavy atom. The minimum absolute atomic E-state index is 0.512. The lowest BCUT2D eigenvalue weighted by atomic mass is 10.2. The van der Waals surface area contributed by atoms with Crippen LogP contribution in [0.25, 0.3) is 11.4 Å². The van der Waals surface area contributed by atoms with Gasteiger partial charge in [0, 0.05) is 45.6 Å². The normalized spacial score (nSPS) is 12.0. The van der Waals surface area contributed by atoms with Crippen LogP contribution in [0.5, 0.6) is 0 Å². The fourth-order valence-corrected chi connectivity index (χ4v) is 2.54. The van der Waals surface area contributed by atoms with Crippen molar-refractivity contribution in [3.8, 4) is 11.4 Å². The molecule has 3 aromatic rings. The number of hydrogen-bond acceptors (Lipinski definition) is 5. The van der Waals surface area contributed by atoms with Gasteiger partial charge in [0.1, 0.15) is 5.82 Å². The molecule has 22 heavy (non-hydrogen) atoms. The van der Waals surface area contributed by atoms with Crippen molar-refractivity contribution in [1.82, 2.24) is 20.2 Å². The van der Waals surface area contributed by atoms with Gasteiger partial charge in [-0.25, -0.2) is 4.98 Å². The predicted molar refractivity (Wildman–Crippen MR) is 85.7 cm³/mol. The van der Waals surface area contributed by atoms with E-state index < -0.39 is 10.8 Å². The topological polar surface area (TPSA) is 83.6 Å². The lowest BCUT2D eigenvalue weighted by molar-refractivity contribution is 0.687. The van der Waals surface area contributed by atoms with Crippen LogP contribution in [0.2, 0.25) is 0 Å². The van der Waals surface area contributed by atoms with E-state index in [1.165, 1.54) is 0 Å². The number of nitrogens with zero attached hydrogens (tertiary/aromatic N) is 3. The van der Waals surface area contributed by atoms with E-state index >= 15 is 0 Å². The zero-order valence-electron chi connectivity index (χ0n) is 12.0. The summed E-state index contributed by atoms with van der Waals surface area (Å²) in [5.74, 6) is 1.37. The van der Waals surface area contributed by atoms with E-state index in [-0.39, 0.29) is 0 Å². The van der Waals surface area contributed by atoms with Gasteiger partial charge in [0.2, 0.25) is 0 Å². The monoisotopic (exact) mass is 313 g/mol. The largest absolute Gasteiger partial charge is 0.378 e. The number of nitrogens with one attached hydrogen (secondary N) is 2. The molecule has 0 bridgehead atoms. The molecular weight excluding hydrogens is 298 g/mol. The summed E-state index contributed by atoms with van der Waals surface area (Å²) in [6.07, 6.45) is 5.08. The maximum Gasteiger partial charge on any atom is 0.181 e. The SMILES string of the molecule is CS(=O)c1cccc(NCc2nc(-c3ccncc3)n[nH]2)c1. The Morgan fingerprint density at radius 1 is 1.23 bits per heavy atom. The molecule has 112 valence electrons. The van der Waals surface area contributed by atoms with Gasteiger partial charge in [-0.1, -0.05) is 6.07 Å². The Hall–Kier alpha value is -2.54. The maximum atomic E-state index is 11.5. The van der Waals surface area contributed by atoms with E-state index in [2.05, 4.69) is 25.5 Å². The van der Waals surface area contributed by atoms with Crippen molar-refractivity contribution in [2.24, 2.45) is 0 Å². The second-order valence-corrected chi connectivity index (χ2v) is 6.06. The van der Waals surface area contributed by atoms with E-state index in [0.717, 1.165) is 22.0 Å². The zero-order chi connectivity index (χ0) is 15.4. The summed E-state index contributed by atoms with van der Waals surface area (Å²) in [6.45, 7) is 0.512. The molecule has 1 aromatic carbocycles. The van der Waals surface area contributed by atoms with Gasteiger partial charge in [-0.15, -0.1) is 0 Å². The smallest absolute Gasteiger partial charge is 0.181 e. The minimum Gasteiger partial charge on any atom is -0.378 e. The number of aromatic nitrogens is 4. The molecule has 0 amide bonds. The highest BCUT2D eigenvalue weighted by atomic mass is 32.2. The number of rotatable bonds is 5. The number of benzene rings is 1. The van der Waals surface area contributed by atoms with Crippen LogP contribution in [0.15, 0.2) is 53.7 Å². The Labute approximate surface area is 130 Å². The van der Waals surface area contributed by atoms with Crippen molar-refractivity contribution in [2.45, 2.75) is 11.4 Å². The summed E-state index contributed by atoms with van der Waals surface area (Å²) in [4.78, 5) is 9.20. The van der Waals surface area contributed by atoms with Gasteiger partial charge in [0.05, 0.1) is 6.54 Å². The summed E-state index contributed by atoms with van der Waals surface area (Å²) in [5, 5.41) is 10.3. The zero-order valence-corrected chi connectivity index (χ0v) is 12.8. The van der Waals surface area contributed by atoms with Crippen molar-refractivity contribution >= 4 is 16.5 Å². The molecule has 0 aliphatic heterocycles. The third-order valence-corrected chi connectivity index (χ3v) is 4.01. The summed E-state index contributed by atoms with van der Waals surface area (Å²) in [6, 6.07) is 11.2. The number of H-pyrrole nitrogens is 1. The number of hydrogen-bond donors (Lipinski definition) is 2. The molecule has 2 heterocycles. The van der Waals surface area contributed by atoms with Gasteiger partial charge in [-0.3, -0.25) is 14.3 Å². The van der Waals surface area contributed by atoms with Gasteiger partial charge < -0.3 is 5.32 Å². The van der Waals surface area contributed by atoms with E-state index in [1.54, 1.807) is 18.6 Å². The van der Waals surface area contributed by atoms with E-state index in [0.29, 0.717) is 12.4 Å². The van der Waals surface area contributed by atoms with Gasteiger partial charge >= 0.3 is 0 Å². The van der Waals surface area contributed by atoms with Crippen LogP contribution >= 0.6 is 0 Å². The molecule has 0 spiro atoms. The fraction of sp³-hybridized carbons (Fsp3) is 0.133. The maximum absolute atomic E-state index is 11.5. The van der Waals surface area contributed by atoms with Crippen LogP contribution in [0, 0.1) is 0 Å². The molecule has 6 nitrogen and oxygen atoms in total. The molecule has 0 saturated heterocycles. The first-order valence-electron chi connectivity index (χ1n) is 6.71. The van der Waals surface area contributed by atoms with Crippen LogP contribution in [0.1, 0.15) is 5.82 Å². The van der Waals surface area contributed by atoms with Gasteiger partial charge in [0.15, 0.2) is 5.82 Å². The summed E-state index contributed by atoms with van der Waals surface area (Å²) >= 11 is 0. The molecule has 0 fully saturated rings. The van der Waals surface area contributed by atoms with E-state index in [4.69, 9.17) is 0 Å². The highest BCUT2D eigenvalue weighted by Crippen LogP contribution is 2.15. The summed E-state index contributed by atoms with van der Waals surface area (Å²) < 4.78 is 11.5. The van der Waals surface area contributed by atoms with Crippen LogP contribution < -0.4 is 5.32 Å². The molecule has 2 N–H and O–H groups in total. The fourth-order valence-electron chi connectivity index (χ4n) is 1.98. The minimum atomic E-state index is -0.990. The number of anilines is 1. The molecular formula is C15H15N5OS. The molecule has 0 aliphatic carbocycles. The second-order valence-electron chi connectivity index (χ2n) is 4.68. The average Bonchev–Trinajstić information content (AvgIpc) is 3.03. The van der Waals surface area contributed by atoms with Crippen molar-refractivity contribution in [3.63, 3.8) is 0 Å². The van der Waals surface area contributed by atoms with Crippen LogP contribution in [0.4, 0.5) is 5.69 Å². The van der Waals surface area contributed by atoms with Crippen LogP contribution in [0.3, 0.4) is 0 Å². The summed E-state index contributed by atoms with van der Waals surface area (Å²) in [7, 11) is -0.990. The first-order valence-corrected chi connectivity index (χ1v) is 8.27. The Morgan fingerprint density at radius 3 is 2.82 bits per heavy atom. The Balaban J connectivity index is 1.69. The highest BCUT2D eigenvalue weighted by Gasteiger charge is 2.06. The lowest BCUT2D eigenvalue weighted by Crippen LogP contribution is -2.02.